The van der Waals surface area contributed by atoms with Gasteiger partial charge in [0.2, 0.25) is 18.6 Å². The molecule has 2 aliphatic heterocycles. The molecule has 0 unspecified atom stereocenters. The Morgan fingerprint density at radius 3 is 2.68 bits per heavy atom. The van der Waals surface area contributed by atoms with Gasteiger partial charge in [-0.3, -0.25) is 19.3 Å². The first kappa shape index (κ1) is 28.9. The number of para-hydroxylation sites is 1. The molecule has 0 aliphatic carbocycles. The number of Topliss-reactive ketones (excluding diaryl/α,β-unsaturated/α-hetero) is 1. The summed E-state index contributed by atoms with van der Waals surface area (Å²) < 4.78 is 23.6. The third kappa shape index (κ3) is 5.61. The zero-order chi connectivity index (χ0) is 30.8. The number of phenolic OH excluding ortho intramolecular Hbond substituents is 1. The van der Waals surface area contributed by atoms with E-state index in [9.17, 15) is 19.5 Å². The average molecular weight is 602 g/mol. The Labute approximate surface area is 252 Å². The van der Waals surface area contributed by atoms with Crippen molar-refractivity contribution in [1.29, 1.82) is 0 Å². The van der Waals surface area contributed by atoms with Crippen molar-refractivity contribution < 1.29 is 38.4 Å². The Kier molecular flexibility index (Phi) is 8.03. The number of methoxy groups -OCH3 is 1. The van der Waals surface area contributed by atoms with Crippen LogP contribution in [0.3, 0.4) is 0 Å². The van der Waals surface area contributed by atoms with Crippen LogP contribution < -0.4 is 24.4 Å². The zero-order valence-electron chi connectivity index (χ0n) is 24.2. The number of carbonyl (C=O) groups is 3. The Morgan fingerprint density at radius 2 is 1.93 bits per heavy atom. The molecule has 4 aromatic rings. The number of ketones is 1. The summed E-state index contributed by atoms with van der Waals surface area (Å²) in [5.74, 6) is -0.830. The summed E-state index contributed by atoms with van der Waals surface area (Å²) in [6.45, 7) is 1.83. The normalized spacial score (nSPS) is 16.1. The van der Waals surface area contributed by atoms with E-state index in [1.165, 1.54) is 53.9 Å². The number of hydrogen-bond donors (Lipinski definition) is 2. The van der Waals surface area contributed by atoms with Crippen LogP contribution in [-0.2, 0) is 20.9 Å². The lowest BCUT2D eigenvalue weighted by Gasteiger charge is -2.33. The first-order chi connectivity index (χ1) is 21.3. The number of rotatable bonds is 10. The van der Waals surface area contributed by atoms with E-state index in [1.54, 1.807) is 18.2 Å². The smallest absolute Gasteiger partial charge is 0.249 e. The van der Waals surface area contributed by atoms with E-state index in [0.29, 0.717) is 34.7 Å². The lowest BCUT2D eigenvalue weighted by molar-refractivity contribution is -0.127. The molecule has 3 aromatic carbocycles. The molecule has 2 aliphatic rings. The van der Waals surface area contributed by atoms with Gasteiger partial charge < -0.3 is 29.4 Å². The van der Waals surface area contributed by atoms with Gasteiger partial charge in [0.15, 0.2) is 28.8 Å². The van der Waals surface area contributed by atoms with Crippen molar-refractivity contribution in [3.63, 3.8) is 0 Å². The molecule has 1 saturated heterocycles. The van der Waals surface area contributed by atoms with Gasteiger partial charge >= 0.3 is 0 Å². The minimum atomic E-state index is -1.31. The van der Waals surface area contributed by atoms with Crippen molar-refractivity contribution in [2.45, 2.75) is 38.5 Å². The first-order valence-electron chi connectivity index (χ1n) is 14.1. The summed E-state index contributed by atoms with van der Waals surface area (Å²) in [5, 5.41) is 21.6. The monoisotopic (exact) mass is 601 g/mol. The van der Waals surface area contributed by atoms with Gasteiger partial charge in [-0.1, -0.05) is 23.4 Å². The highest BCUT2D eigenvalue weighted by atomic mass is 16.7. The predicted molar refractivity (Wildman–Crippen MR) is 157 cm³/mol. The van der Waals surface area contributed by atoms with Crippen LogP contribution in [0.25, 0.3) is 11.0 Å². The summed E-state index contributed by atoms with van der Waals surface area (Å²) in [6.07, 6.45) is 1.50. The van der Waals surface area contributed by atoms with Crippen LogP contribution in [0, 0.1) is 0 Å². The van der Waals surface area contributed by atoms with Crippen LogP contribution in [0.5, 0.6) is 23.0 Å². The number of amides is 2. The van der Waals surface area contributed by atoms with Crippen LogP contribution in [0.2, 0.25) is 0 Å². The fourth-order valence-electron chi connectivity index (χ4n) is 5.47. The molecule has 0 radical (unpaired) electrons. The molecule has 2 atom stereocenters. The van der Waals surface area contributed by atoms with Crippen molar-refractivity contribution in [3.05, 3.63) is 65.7 Å². The van der Waals surface area contributed by atoms with E-state index in [1.807, 2.05) is 6.07 Å². The molecular formula is C31H31N5O8. The Hall–Kier alpha value is -5.17. The highest BCUT2D eigenvalue weighted by molar-refractivity contribution is 6.08. The summed E-state index contributed by atoms with van der Waals surface area (Å²) in [5.41, 5.74) is 1.82. The first-order valence-corrected chi connectivity index (χ1v) is 14.1. The third-order valence-electron chi connectivity index (χ3n) is 7.66. The molecule has 1 aromatic heterocycles. The quantitative estimate of drug-likeness (QED) is 0.259. The number of fused-ring (bicyclic) bond motifs is 2. The van der Waals surface area contributed by atoms with E-state index < -0.39 is 17.9 Å². The number of nitrogens with one attached hydrogen (secondary N) is 1. The predicted octanol–water partition coefficient (Wildman–Crippen LogP) is 3.15. The molecule has 44 heavy (non-hydrogen) atoms. The number of ether oxygens (including phenoxy) is 4. The van der Waals surface area contributed by atoms with Gasteiger partial charge in [-0.25, -0.2) is 4.68 Å². The van der Waals surface area contributed by atoms with Crippen LogP contribution in [0.15, 0.2) is 54.6 Å². The molecule has 2 N–H and O–H groups in total. The van der Waals surface area contributed by atoms with Gasteiger partial charge in [0.1, 0.15) is 18.1 Å². The highest BCUT2D eigenvalue weighted by Crippen LogP contribution is 2.42. The summed E-state index contributed by atoms with van der Waals surface area (Å²) in [7, 11) is 1.38. The SMILES string of the molecule is COc1cc([C@H](C(=O)NC[C@@H]2CCCO2)N(C(=O)Cn2nnc3ccccc32)c2cc3c(cc2C(C)=O)OCO3)ccc1O. The summed E-state index contributed by atoms with van der Waals surface area (Å²) >= 11 is 0. The maximum absolute atomic E-state index is 14.5. The number of hydrogen-bond acceptors (Lipinski definition) is 10. The van der Waals surface area contributed by atoms with Crippen molar-refractivity contribution in [2.24, 2.45) is 0 Å². The second-order valence-electron chi connectivity index (χ2n) is 10.5. The Bertz CT molecular complexity index is 1730. The van der Waals surface area contributed by atoms with E-state index in [0.717, 1.165) is 12.8 Å². The molecule has 13 heteroatoms. The van der Waals surface area contributed by atoms with Crippen LogP contribution in [-0.4, -0.2) is 70.9 Å². The maximum Gasteiger partial charge on any atom is 0.249 e. The molecule has 0 bridgehead atoms. The fraction of sp³-hybridized carbons (Fsp3) is 0.323. The molecule has 0 saturated carbocycles. The molecule has 3 heterocycles. The number of nitrogens with zero attached hydrogens (tertiary/aromatic N) is 4. The summed E-state index contributed by atoms with van der Waals surface area (Å²) in [6, 6.07) is 13.3. The average Bonchev–Trinajstić information content (AvgIpc) is 3.80. The molecule has 13 nitrogen and oxygen atoms in total. The van der Waals surface area contributed by atoms with Crippen LogP contribution in [0.4, 0.5) is 5.69 Å². The number of aromatic hydroxyl groups is 1. The number of carbonyl (C=O) groups excluding carboxylic acids is 3. The molecule has 2 amide bonds. The lowest BCUT2D eigenvalue weighted by atomic mass is 9.99. The molecule has 0 spiro atoms. The van der Waals surface area contributed by atoms with E-state index in [4.69, 9.17) is 18.9 Å². The number of anilines is 1. The topological polar surface area (TPSA) is 154 Å². The van der Waals surface area contributed by atoms with Crippen LogP contribution >= 0.6 is 0 Å². The van der Waals surface area contributed by atoms with Gasteiger partial charge in [0, 0.05) is 24.8 Å². The molecule has 228 valence electrons. The van der Waals surface area contributed by atoms with Gasteiger partial charge in [-0.15, -0.1) is 5.10 Å². The molecular weight excluding hydrogens is 570 g/mol. The van der Waals surface area contributed by atoms with Crippen molar-refractivity contribution in [1.82, 2.24) is 20.3 Å². The molecule has 6 rings (SSSR count). The number of aromatic nitrogens is 3. The standard InChI is InChI=1S/C31H31N5O8/c1-18(37)21-13-27-28(44-17-43-27)14-24(21)36(29(39)16-35-23-8-4-3-7-22(23)33-34-35)30(19-9-10-25(38)26(12-19)41-2)31(40)32-15-20-6-5-11-42-20/h3-4,7-10,12-14,20,30,38H,5-6,11,15-17H2,1-2H3,(H,32,40)/t20-,30+/m0/s1. The van der Waals surface area contributed by atoms with E-state index >= 15 is 0 Å². The zero-order valence-corrected chi connectivity index (χ0v) is 24.2. The van der Waals surface area contributed by atoms with Gasteiger partial charge in [0.25, 0.3) is 0 Å². The second-order valence-corrected chi connectivity index (χ2v) is 10.5. The summed E-state index contributed by atoms with van der Waals surface area (Å²) in [4.78, 5) is 43.0. The van der Waals surface area contributed by atoms with E-state index in [2.05, 4.69) is 15.6 Å². The Balaban J connectivity index is 1.50. The number of phenols is 1. The maximum atomic E-state index is 14.5. The highest BCUT2D eigenvalue weighted by Gasteiger charge is 2.37. The Morgan fingerprint density at radius 1 is 1.14 bits per heavy atom. The van der Waals surface area contributed by atoms with Gasteiger partial charge in [-0.2, -0.15) is 0 Å². The largest absolute Gasteiger partial charge is 0.504 e. The fourth-order valence-corrected chi connectivity index (χ4v) is 5.47. The van der Waals surface area contributed by atoms with Gasteiger partial charge in [-0.05, 0) is 55.7 Å². The van der Waals surface area contributed by atoms with Crippen molar-refractivity contribution in [3.8, 4) is 23.0 Å². The molecule has 1 fully saturated rings. The van der Waals surface area contributed by atoms with Crippen LogP contribution in [0.1, 0.15) is 41.7 Å². The van der Waals surface area contributed by atoms with E-state index in [-0.39, 0.29) is 54.5 Å². The second kappa shape index (κ2) is 12.2. The number of benzene rings is 3. The lowest BCUT2D eigenvalue weighted by Crippen LogP contribution is -2.47. The van der Waals surface area contributed by atoms with Gasteiger partial charge in [0.05, 0.1) is 24.4 Å². The minimum absolute atomic E-state index is 0.0600. The minimum Gasteiger partial charge on any atom is -0.504 e. The van der Waals surface area contributed by atoms with Crippen molar-refractivity contribution >= 4 is 34.3 Å². The third-order valence-corrected chi connectivity index (χ3v) is 7.66. The van der Waals surface area contributed by atoms with Crippen molar-refractivity contribution in [2.75, 3.05) is 32.0 Å².